The Kier molecular flexibility index (Phi) is 3.71. The van der Waals surface area contributed by atoms with Gasteiger partial charge in [0, 0.05) is 62.8 Å². The van der Waals surface area contributed by atoms with Crippen molar-refractivity contribution >= 4 is 10.9 Å². The van der Waals surface area contributed by atoms with Crippen LogP contribution in [0.15, 0.2) is 24.4 Å². The third kappa shape index (κ3) is 2.24. The molecule has 1 aromatic carbocycles. The van der Waals surface area contributed by atoms with Crippen LogP contribution in [0.4, 0.5) is 0 Å². The van der Waals surface area contributed by atoms with Crippen molar-refractivity contribution in [3.63, 3.8) is 0 Å². The Morgan fingerprint density at radius 3 is 2.70 bits per heavy atom. The first-order chi connectivity index (χ1) is 11.1. The van der Waals surface area contributed by atoms with Crippen LogP contribution in [-0.2, 0) is 22.9 Å². The Bertz CT molecular complexity index is 719. The molecule has 1 saturated heterocycles. The van der Waals surface area contributed by atoms with E-state index in [4.69, 9.17) is 9.47 Å². The number of methoxy groups -OCH3 is 2. The molecule has 0 unspecified atom stereocenters. The standard InChI is InChI=1S/C19H26N2O2/c1-20-10-12-9-17-15(14-6-5-7-16(20)18(12)14)8-13(11-21(17)2)19(22-3)23-4/h5-7,10,13,15,17,19H,8-9,11H2,1-4H3/t13-,15-,17-/m1/s1. The zero-order chi connectivity index (χ0) is 16.1. The Morgan fingerprint density at radius 2 is 1.96 bits per heavy atom. The highest BCUT2D eigenvalue weighted by Gasteiger charge is 2.41. The number of benzene rings is 1. The lowest BCUT2D eigenvalue weighted by molar-refractivity contribution is -0.153. The highest BCUT2D eigenvalue weighted by molar-refractivity contribution is 5.89. The first kappa shape index (κ1) is 15.2. The van der Waals surface area contributed by atoms with E-state index >= 15 is 0 Å². The largest absolute Gasteiger partial charge is 0.356 e. The molecule has 0 radical (unpaired) electrons. The van der Waals surface area contributed by atoms with Crippen LogP contribution in [-0.4, -0.2) is 49.6 Å². The second kappa shape index (κ2) is 5.62. The number of aromatic nitrogens is 1. The summed E-state index contributed by atoms with van der Waals surface area (Å²) >= 11 is 0. The first-order valence-corrected chi connectivity index (χ1v) is 8.46. The number of rotatable bonds is 3. The second-order valence-corrected chi connectivity index (χ2v) is 7.16. The monoisotopic (exact) mass is 314 g/mol. The summed E-state index contributed by atoms with van der Waals surface area (Å²) in [7, 11) is 7.90. The molecule has 4 rings (SSSR count). The summed E-state index contributed by atoms with van der Waals surface area (Å²) in [5.74, 6) is 0.974. The van der Waals surface area contributed by atoms with E-state index in [1.165, 1.54) is 22.0 Å². The molecule has 3 atom stereocenters. The fraction of sp³-hybridized carbons (Fsp3) is 0.579. The number of piperidine rings is 1. The molecule has 1 fully saturated rings. The van der Waals surface area contributed by atoms with Gasteiger partial charge in [-0.2, -0.15) is 0 Å². The molecule has 23 heavy (non-hydrogen) atoms. The van der Waals surface area contributed by atoms with Gasteiger partial charge < -0.3 is 18.9 Å². The van der Waals surface area contributed by atoms with Crippen LogP contribution in [0.5, 0.6) is 0 Å². The second-order valence-electron chi connectivity index (χ2n) is 7.16. The van der Waals surface area contributed by atoms with Gasteiger partial charge in [-0.15, -0.1) is 0 Å². The molecule has 1 aliphatic heterocycles. The molecule has 1 aromatic heterocycles. The molecular weight excluding hydrogens is 288 g/mol. The molecule has 124 valence electrons. The van der Waals surface area contributed by atoms with Crippen LogP contribution in [0.25, 0.3) is 10.9 Å². The van der Waals surface area contributed by atoms with Crippen LogP contribution in [0, 0.1) is 5.92 Å². The Labute approximate surface area is 138 Å². The molecule has 1 aliphatic carbocycles. The molecule has 4 heteroatoms. The van der Waals surface area contributed by atoms with Gasteiger partial charge in [0.15, 0.2) is 6.29 Å². The summed E-state index contributed by atoms with van der Waals surface area (Å²) in [6.45, 7) is 1.03. The van der Waals surface area contributed by atoms with E-state index in [2.05, 4.69) is 48.0 Å². The van der Waals surface area contributed by atoms with Crippen molar-refractivity contribution in [2.45, 2.75) is 31.1 Å². The topological polar surface area (TPSA) is 26.6 Å². The SMILES string of the molecule is COC(OC)[C@@H]1C[C@@H]2c3cccc4c3c(cn4C)C[C@H]2N(C)C1. The fourth-order valence-corrected chi connectivity index (χ4v) is 4.94. The van der Waals surface area contributed by atoms with Gasteiger partial charge in [0.2, 0.25) is 0 Å². The van der Waals surface area contributed by atoms with Crippen molar-refractivity contribution in [1.82, 2.24) is 9.47 Å². The molecule has 2 aromatic rings. The molecule has 0 bridgehead atoms. The van der Waals surface area contributed by atoms with Crippen molar-refractivity contribution in [2.75, 3.05) is 27.8 Å². The number of nitrogens with zero attached hydrogens (tertiary/aromatic N) is 2. The molecule has 2 aliphatic rings. The minimum atomic E-state index is -0.116. The number of hydrogen-bond acceptors (Lipinski definition) is 3. The summed E-state index contributed by atoms with van der Waals surface area (Å²) in [4.78, 5) is 2.51. The maximum Gasteiger partial charge on any atom is 0.160 e. The van der Waals surface area contributed by atoms with Crippen molar-refractivity contribution in [3.8, 4) is 0 Å². The molecule has 0 N–H and O–H groups in total. The van der Waals surface area contributed by atoms with Crippen LogP contribution < -0.4 is 0 Å². The number of likely N-dealkylation sites (N-methyl/N-ethyl adjacent to an activating group) is 1. The zero-order valence-electron chi connectivity index (χ0n) is 14.5. The summed E-state index contributed by atoms with van der Waals surface area (Å²) in [6.07, 6.45) is 4.48. The smallest absolute Gasteiger partial charge is 0.160 e. The number of hydrogen-bond donors (Lipinski definition) is 0. The lowest BCUT2D eigenvalue weighted by atomic mass is 9.72. The van der Waals surface area contributed by atoms with Crippen LogP contribution >= 0.6 is 0 Å². The summed E-state index contributed by atoms with van der Waals surface area (Å²) in [6, 6.07) is 7.35. The lowest BCUT2D eigenvalue weighted by Gasteiger charge is -2.46. The van der Waals surface area contributed by atoms with E-state index in [1.54, 1.807) is 14.2 Å². The zero-order valence-corrected chi connectivity index (χ0v) is 14.5. The quantitative estimate of drug-likeness (QED) is 0.815. The average molecular weight is 314 g/mol. The van der Waals surface area contributed by atoms with E-state index in [9.17, 15) is 0 Å². The van der Waals surface area contributed by atoms with Crippen molar-refractivity contribution < 1.29 is 9.47 Å². The first-order valence-electron chi connectivity index (χ1n) is 8.46. The third-order valence-corrected chi connectivity index (χ3v) is 5.91. The fourth-order valence-electron chi connectivity index (χ4n) is 4.94. The van der Waals surface area contributed by atoms with Gasteiger partial charge in [-0.3, -0.25) is 0 Å². The van der Waals surface area contributed by atoms with Crippen LogP contribution in [0.3, 0.4) is 0 Å². The predicted molar refractivity (Wildman–Crippen MR) is 91.7 cm³/mol. The molecule has 0 spiro atoms. The van der Waals surface area contributed by atoms with Crippen molar-refractivity contribution in [2.24, 2.45) is 13.0 Å². The minimum absolute atomic E-state index is 0.116. The maximum absolute atomic E-state index is 5.56. The van der Waals surface area contributed by atoms with Gasteiger partial charge in [0.1, 0.15) is 0 Å². The summed E-state index contributed by atoms with van der Waals surface area (Å²) in [5, 5.41) is 1.48. The van der Waals surface area contributed by atoms with Crippen LogP contribution in [0.2, 0.25) is 0 Å². The third-order valence-electron chi connectivity index (χ3n) is 5.91. The van der Waals surface area contributed by atoms with Crippen molar-refractivity contribution in [3.05, 3.63) is 35.5 Å². The predicted octanol–water partition coefficient (Wildman–Crippen LogP) is 2.76. The van der Waals surface area contributed by atoms with E-state index in [1.807, 2.05) is 0 Å². The highest BCUT2D eigenvalue weighted by Crippen LogP contribution is 2.45. The van der Waals surface area contributed by atoms with Gasteiger partial charge in [-0.05, 0) is 37.1 Å². The Hall–Kier alpha value is -1.36. The number of ether oxygens (including phenoxy) is 2. The average Bonchev–Trinajstić information content (AvgIpc) is 2.87. The summed E-state index contributed by atoms with van der Waals surface area (Å²) in [5.41, 5.74) is 4.37. The Morgan fingerprint density at radius 1 is 1.17 bits per heavy atom. The van der Waals surface area contributed by atoms with E-state index in [0.29, 0.717) is 17.9 Å². The number of aryl methyl sites for hydroxylation is 1. The molecule has 2 heterocycles. The van der Waals surface area contributed by atoms with Gasteiger partial charge in [0.05, 0.1) is 0 Å². The normalized spacial score (nSPS) is 27.6. The van der Waals surface area contributed by atoms with Crippen LogP contribution in [0.1, 0.15) is 23.5 Å². The molecule has 0 amide bonds. The molecular formula is C19H26N2O2. The van der Waals surface area contributed by atoms with Gasteiger partial charge in [-0.25, -0.2) is 0 Å². The Balaban J connectivity index is 1.77. The van der Waals surface area contributed by atoms with E-state index in [-0.39, 0.29) is 6.29 Å². The highest BCUT2D eigenvalue weighted by atomic mass is 16.7. The molecule has 0 saturated carbocycles. The van der Waals surface area contributed by atoms with E-state index in [0.717, 1.165) is 19.4 Å². The van der Waals surface area contributed by atoms with E-state index < -0.39 is 0 Å². The molecule has 4 nitrogen and oxygen atoms in total. The van der Waals surface area contributed by atoms with Gasteiger partial charge >= 0.3 is 0 Å². The van der Waals surface area contributed by atoms with Gasteiger partial charge in [0.25, 0.3) is 0 Å². The van der Waals surface area contributed by atoms with Gasteiger partial charge in [-0.1, -0.05) is 12.1 Å². The lowest BCUT2D eigenvalue weighted by Crippen LogP contribution is -2.50. The number of likely N-dealkylation sites (tertiary alicyclic amines) is 1. The van der Waals surface area contributed by atoms with Crippen molar-refractivity contribution in [1.29, 1.82) is 0 Å². The minimum Gasteiger partial charge on any atom is -0.356 e. The number of fused-ring (bicyclic) bond motifs is 2. The summed E-state index contributed by atoms with van der Waals surface area (Å²) < 4.78 is 13.4. The maximum atomic E-state index is 5.56.